The van der Waals surface area contributed by atoms with Crippen LogP contribution in [0.2, 0.25) is 0 Å². The number of aryl methyl sites for hydroxylation is 1. The molecule has 0 aliphatic heterocycles. The Morgan fingerprint density at radius 3 is 2.67 bits per heavy atom. The normalized spacial score (nSPS) is 11.0. The third kappa shape index (κ3) is 6.74. The van der Waals surface area contributed by atoms with Gasteiger partial charge in [-0.05, 0) is 61.2 Å². The molecule has 0 bridgehead atoms. The molecule has 0 fully saturated rings. The van der Waals surface area contributed by atoms with E-state index in [0.717, 1.165) is 21.3 Å². The van der Waals surface area contributed by atoms with Gasteiger partial charge in [0.05, 0.1) is 12.4 Å². The second-order valence-corrected chi connectivity index (χ2v) is 9.71. The van der Waals surface area contributed by atoms with Crippen LogP contribution < -0.4 is 14.8 Å². The number of aromatic nitrogens is 3. The van der Waals surface area contributed by atoms with Gasteiger partial charge in [0, 0.05) is 17.2 Å². The predicted molar refractivity (Wildman–Crippen MR) is 135 cm³/mol. The van der Waals surface area contributed by atoms with Crippen LogP contribution in [0.4, 0.5) is 5.69 Å². The van der Waals surface area contributed by atoms with E-state index in [1.54, 1.807) is 0 Å². The number of carbonyl (C=O) groups is 1. The van der Waals surface area contributed by atoms with Crippen molar-refractivity contribution in [1.82, 2.24) is 14.8 Å². The van der Waals surface area contributed by atoms with Crippen molar-refractivity contribution in [2.75, 3.05) is 17.7 Å². The molecule has 3 aromatic rings. The SMILES string of the molecule is CCOc1cc(C)ccc1OCc1nnc(SCC(=O)Nc2ccc(Br)cc2C(C)C)n1C. The van der Waals surface area contributed by atoms with Crippen molar-refractivity contribution < 1.29 is 14.3 Å². The molecule has 1 heterocycles. The third-order valence-electron chi connectivity index (χ3n) is 4.92. The molecule has 0 aliphatic carbocycles. The molecule has 1 aromatic heterocycles. The second-order valence-electron chi connectivity index (χ2n) is 7.85. The maximum absolute atomic E-state index is 12.6. The van der Waals surface area contributed by atoms with E-state index in [4.69, 9.17) is 9.47 Å². The van der Waals surface area contributed by atoms with Gasteiger partial charge in [-0.3, -0.25) is 4.79 Å². The van der Waals surface area contributed by atoms with Crippen LogP contribution in [0.5, 0.6) is 11.5 Å². The molecule has 0 atom stereocenters. The van der Waals surface area contributed by atoms with Crippen LogP contribution in [-0.2, 0) is 18.4 Å². The van der Waals surface area contributed by atoms with Gasteiger partial charge < -0.3 is 19.4 Å². The lowest BCUT2D eigenvalue weighted by Gasteiger charge is -2.14. The highest BCUT2D eigenvalue weighted by Gasteiger charge is 2.15. The van der Waals surface area contributed by atoms with E-state index in [2.05, 4.69) is 45.3 Å². The van der Waals surface area contributed by atoms with Gasteiger partial charge in [-0.2, -0.15) is 0 Å². The molecular formula is C24H29BrN4O3S. The van der Waals surface area contributed by atoms with E-state index in [-0.39, 0.29) is 18.3 Å². The molecule has 2 aromatic carbocycles. The lowest BCUT2D eigenvalue weighted by molar-refractivity contribution is -0.113. The standard InChI is InChI=1S/C24H29BrN4O3S/c1-6-31-21-11-16(4)7-10-20(21)32-13-22-27-28-24(29(22)5)33-14-23(30)26-19-9-8-17(25)12-18(19)15(2)3/h7-12,15H,6,13-14H2,1-5H3,(H,26,30). The van der Waals surface area contributed by atoms with Gasteiger partial charge in [0.2, 0.25) is 5.91 Å². The molecule has 176 valence electrons. The summed E-state index contributed by atoms with van der Waals surface area (Å²) in [7, 11) is 1.86. The molecule has 0 saturated heterocycles. The molecule has 0 aliphatic rings. The van der Waals surface area contributed by atoms with Crippen LogP contribution in [0.15, 0.2) is 46.0 Å². The molecule has 7 nitrogen and oxygen atoms in total. The Labute approximate surface area is 207 Å². The van der Waals surface area contributed by atoms with Crippen LogP contribution in [0.3, 0.4) is 0 Å². The van der Waals surface area contributed by atoms with Crippen LogP contribution in [0, 0.1) is 6.92 Å². The van der Waals surface area contributed by atoms with E-state index in [0.29, 0.717) is 35.0 Å². The Hall–Kier alpha value is -2.52. The Morgan fingerprint density at radius 1 is 1.15 bits per heavy atom. The molecule has 0 unspecified atom stereocenters. The number of nitrogens with zero attached hydrogens (tertiary/aromatic N) is 3. The lowest BCUT2D eigenvalue weighted by Crippen LogP contribution is -2.16. The Morgan fingerprint density at radius 2 is 1.94 bits per heavy atom. The van der Waals surface area contributed by atoms with Crippen molar-refractivity contribution in [2.45, 2.75) is 45.4 Å². The fourth-order valence-electron chi connectivity index (χ4n) is 3.18. The maximum atomic E-state index is 12.6. The second kappa shape index (κ2) is 11.6. The number of nitrogens with one attached hydrogen (secondary N) is 1. The fraction of sp³-hybridized carbons (Fsp3) is 0.375. The van der Waals surface area contributed by atoms with Gasteiger partial charge in [0.25, 0.3) is 0 Å². The van der Waals surface area contributed by atoms with Crippen molar-refractivity contribution >= 4 is 39.3 Å². The van der Waals surface area contributed by atoms with E-state index in [1.165, 1.54) is 11.8 Å². The Kier molecular flexibility index (Phi) is 8.80. The molecular weight excluding hydrogens is 504 g/mol. The van der Waals surface area contributed by atoms with Crippen LogP contribution in [0.1, 0.15) is 43.6 Å². The number of hydrogen-bond acceptors (Lipinski definition) is 6. The number of thioether (sulfide) groups is 1. The number of anilines is 1. The summed E-state index contributed by atoms with van der Waals surface area (Å²) in [6.07, 6.45) is 0. The monoisotopic (exact) mass is 532 g/mol. The number of ether oxygens (including phenoxy) is 2. The molecule has 9 heteroatoms. The quantitative estimate of drug-likeness (QED) is 0.336. The number of amides is 1. The van der Waals surface area contributed by atoms with Gasteiger partial charge in [-0.15, -0.1) is 10.2 Å². The minimum absolute atomic E-state index is 0.0916. The lowest BCUT2D eigenvalue weighted by atomic mass is 10.0. The van der Waals surface area contributed by atoms with Crippen LogP contribution in [-0.4, -0.2) is 33.0 Å². The Bertz CT molecular complexity index is 1120. The molecule has 0 radical (unpaired) electrons. The van der Waals surface area contributed by atoms with Crippen molar-refractivity contribution in [3.05, 3.63) is 57.8 Å². The maximum Gasteiger partial charge on any atom is 0.234 e. The third-order valence-corrected chi connectivity index (χ3v) is 6.44. The topological polar surface area (TPSA) is 78.3 Å². The first-order valence-corrected chi connectivity index (χ1v) is 12.5. The highest BCUT2D eigenvalue weighted by Crippen LogP contribution is 2.30. The summed E-state index contributed by atoms with van der Waals surface area (Å²) in [5, 5.41) is 12.1. The van der Waals surface area contributed by atoms with Crippen molar-refractivity contribution in [3.63, 3.8) is 0 Å². The highest BCUT2D eigenvalue weighted by atomic mass is 79.9. The van der Waals surface area contributed by atoms with Gasteiger partial charge in [-0.25, -0.2) is 0 Å². The zero-order valence-corrected chi connectivity index (χ0v) is 21.9. The van der Waals surface area contributed by atoms with Gasteiger partial charge in [-0.1, -0.05) is 47.6 Å². The first-order valence-electron chi connectivity index (χ1n) is 10.7. The Balaban J connectivity index is 1.59. The minimum atomic E-state index is -0.0916. The average molecular weight is 533 g/mol. The summed E-state index contributed by atoms with van der Waals surface area (Å²) in [5.74, 6) is 2.46. The predicted octanol–water partition coefficient (Wildman–Crippen LogP) is 5.72. The summed E-state index contributed by atoms with van der Waals surface area (Å²) < 4.78 is 14.4. The number of halogens is 1. The van der Waals surface area contributed by atoms with Gasteiger partial charge in [0.15, 0.2) is 22.5 Å². The highest BCUT2D eigenvalue weighted by molar-refractivity contribution is 9.10. The number of carbonyl (C=O) groups excluding carboxylic acids is 1. The summed E-state index contributed by atoms with van der Waals surface area (Å²) >= 11 is 4.83. The van der Waals surface area contributed by atoms with Crippen LogP contribution in [0.25, 0.3) is 0 Å². The minimum Gasteiger partial charge on any atom is -0.490 e. The first kappa shape index (κ1) is 25.1. The smallest absolute Gasteiger partial charge is 0.234 e. The van der Waals surface area contributed by atoms with Crippen LogP contribution >= 0.6 is 27.7 Å². The molecule has 1 N–H and O–H groups in total. The number of hydrogen-bond donors (Lipinski definition) is 1. The summed E-state index contributed by atoms with van der Waals surface area (Å²) in [5.41, 5.74) is 3.02. The molecule has 33 heavy (non-hydrogen) atoms. The molecule has 0 spiro atoms. The fourth-order valence-corrected chi connectivity index (χ4v) is 4.29. The number of rotatable bonds is 10. The van der Waals surface area contributed by atoms with E-state index in [9.17, 15) is 4.79 Å². The zero-order chi connectivity index (χ0) is 24.0. The van der Waals surface area contributed by atoms with E-state index in [1.807, 2.05) is 61.9 Å². The molecule has 1 amide bonds. The number of benzene rings is 2. The van der Waals surface area contributed by atoms with Crippen molar-refractivity contribution in [1.29, 1.82) is 0 Å². The zero-order valence-electron chi connectivity index (χ0n) is 19.5. The first-order chi connectivity index (χ1) is 15.8. The van der Waals surface area contributed by atoms with Crippen molar-refractivity contribution in [2.24, 2.45) is 7.05 Å². The van der Waals surface area contributed by atoms with E-state index >= 15 is 0 Å². The summed E-state index contributed by atoms with van der Waals surface area (Å²) in [6.45, 7) is 8.96. The van der Waals surface area contributed by atoms with E-state index < -0.39 is 0 Å². The molecule has 3 rings (SSSR count). The van der Waals surface area contributed by atoms with Crippen molar-refractivity contribution in [3.8, 4) is 11.5 Å². The van der Waals surface area contributed by atoms with Gasteiger partial charge >= 0.3 is 0 Å². The van der Waals surface area contributed by atoms with Gasteiger partial charge in [0.1, 0.15) is 6.61 Å². The summed E-state index contributed by atoms with van der Waals surface area (Å²) in [6, 6.07) is 11.7. The summed E-state index contributed by atoms with van der Waals surface area (Å²) in [4.78, 5) is 12.6. The largest absolute Gasteiger partial charge is 0.490 e. The average Bonchev–Trinajstić information content (AvgIpc) is 3.12. The molecule has 0 saturated carbocycles.